The number of Topliss-reactive ketones (excluding diaryl/α,β-unsaturated/α-hetero) is 1. The Hall–Kier alpha value is -1.56. The van der Waals surface area contributed by atoms with Gasteiger partial charge >= 0.3 is 0 Å². The van der Waals surface area contributed by atoms with Crippen molar-refractivity contribution >= 4 is 28.9 Å². The van der Waals surface area contributed by atoms with Gasteiger partial charge in [-0.2, -0.15) is 0 Å². The van der Waals surface area contributed by atoms with Crippen LogP contribution in [0.1, 0.15) is 20.8 Å². The van der Waals surface area contributed by atoms with Crippen LogP contribution < -0.4 is 4.90 Å². The highest BCUT2D eigenvalue weighted by atomic mass is 32.2. The molecule has 0 saturated heterocycles. The number of carbonyl (C=O) groups excluding carboxylic acids is 1. The molecule has 0 N–H and O–H groups in total. The zero-order valence-electron chi connectivity index (χ0n) is 11.2. The minimum Gasteiger partial charge on any atom is -0.362 e. The zero-order chi connectivity index (χ0) is 14.2. The molecule has 0 atom stereocenters. The lowest BCUT2D eigenvalue weighted by atomic mass is 10.1. The predicted molar refractivity (Wildman–Crippen MR) is 75.9 cm³/mol. The van der Waals surface area contributed by atoms with Gasteiger partial charge in [0, 0.05) is 28.3 Å². The van der Waals surface area contributed by atoms with Gasteiger partial charge in [0.1, 0.15) is 5.78 Å². The average Bonchev–Trinajstić information content (AvgIpc) is 2.25. The Kier molecular flexibility index (Phi) is 3.54. The minimum atomic E-state index is -0.406. The van der Waals surface area contributed by atoms with Gasteiger partial charge in [0.2, 0.25) is 0 Å². The lowest BCUT2D eigenvalue weighted by Crippen LogP contribution is -2.42. The number of hydrogen-bond donors (Lipinski definition) is 0. The second kappa shape index (κ2) is 4.85. The summed E-state index contributed by atoms with van der Waals surface area (Å²) in [6.45, 7) is 6.74. The molecule has 1 heterocycles. The van der Waals surface area contributed by atoms with Gasteiger partial charge in [-0.25, -0.2) is 0 Å². The molecule has 0 fully saturated rings. The molecule has 0 saturated carbocycles. The van der Waals surface area contributed by atoms with E-state index in [1.165, 1.54) is 13.0 Å². The monoisotopic (exact) mass is 280 g/mol. The molecule has 5 nitrogen and oxygen atoms in total. The second-order valence-electron chi connectivity index (χ2n) is 5.33. The number of hydrogen-bond acceptors (Lipinski definition) is 5. The van der Waals surface area contributed by atoms with Crippen molar-refractivity contribution in [2.45, 2.75) is 30.4 Å². The van der Waals surface area contributed by atoms with Crippen molar-refractivity contribution in [3.63, 3.8) is 0 Å². The van der Waals surface area contributed by atoms with E-state index in [0.717, 1.165) is 10.6 Å². The van der Waals surface area contributed by atoms with Gasteiger partial charge in [-0.05, 0) is 26.8 Å². The van der Waals surface area contributed by atoms with E-state index in [-0.39, 0.29) is 22.8 Å². The molecule has 0 unspecified atom stereocenters. The Balaban J connectivity index is 2.45. The van der Waals surface area contributed by atoms with Gasteiger partial charge < -0.3 is 4.90 Å². The third-order valence-corrected chi connectivity index (χ3v) is 4.11. The van der Waals surface area contributed by atoms with Crippen LogP contribution >= 0.6 is 11.8 Å². The summed E-state index contributed by atoms with van der Waals surface area (Å²) in [4.78, 5) is 24.7. The molecule has 0 radical (unpaired) electrons. The van der Waals surface area contributed by atoms with Crippen LogP contribution in [0.3, 0.4) is 0 Å². The summed E-state index contributed by atoms with van der Waals surface area (Å²) in [5.41, 5.74) is 0.848. The molecule has 0 bridgehead atoms. The summed E-state index contributed by atoms with van der Waals surface area (Å²) in [6.07, 6.45) is 0. The van der Waals surface area contributed by atoms with Gasteiger partial charge in [0.25, 0.3) is 5.69 Å². The topological polar surface area (TPSA) is 63.5 Å². The van der Waals surface area contributed by atoms with Gasteiger partial charge in [0.15, 0.2) is 0 Å². The molecule has 1 aliphatic rings. The maximum absolute atomic E-state index is 11.4. The number of thioether (sulfide) groups is 1. The summed E-state index contributed by atoms with van der Waals surface area (Å²) in [7, 11) is 0. The van der Waals surface area contributed by atoms with E-state index in [0.29, 0.717) is 6.54 Å². The van der Waals surface area contributed by atoms with Crippen molar-refractivity contribution in [1.82, 2.24) is 0 Å². The summed E-state index contributed by atoms with van der Waals surface area (Å²) in [5.74, 6) is 0.0557. The van der Waals surface area contributed by atoms with Crippen molar-refractivity contribution in [3.8, 4) is 0 Å². The highest BCUT2D eigenvalue weighted by Gasteiger charge is 2.32. The van der Waals surface area contributed by atoms with E-state index < -0.39 is 4.92 Å². The smallest absolute Gasteiger partial charge is 0.271 e. The van der Waals surface area contributed by atoms with Crippen molar-refractivity contribution < 1.29 is 9.72 Å². The maximum Gasteiger partial charge on any atom is 0.271 e. The Morgan fingerprint density at radius 2 is 2.21 bits per heavy atom. The number of carbonyl (C=O) groups is 1. The number of rotatable bonds is 3. The number of non-ortho nitro benzene ring substituents is 1. The van der Waals surface area contributed by atoms with Crippen molar-refractivity contribution in [2.24, 2.45) is 0 Å². The van der Waals surface area contributed by atoms with Crippen LogP contribution in [0, 0.1) is 10.1 Å². The number of anilines is 1. The van der Waals surface area contributed by atoms with E-state index in [4.69, 9.17) is 0 Å². The standard InChI is InChI=1S/C13H16N2O3S/c1-9(16)7-14-8-13(2,3)19-12-5-4-10(15(17)18)6-11(12)14/h4-6H,7-8H2,1-3H3. The lowest BCUT2D eigenvalue weighted by Gasteiger charge is -2.39. The van der Waals surface area contributed by atoms with E-state index in [2.05, 4.69) is 13.8 Å². The highest BCUT2D eigenvalue weighted by Crippen LogP contribution is 2.45. The van der Waals surface area contributed by atoms with Crippen molar-refractivity contribution in [2.75, 3.05) is 18.0 Å². The van der Waals surface area contributed by atoms with Gasteiger partial charge in [0.05, 0.1) is 17.2 Å². The van der Waals surface area contributed by atoms with Gasteiger partial charge in [-0.3, -0.25) is 14.9 Å². The Morgan fingerprint density at radius 3 is 2.79 bits per heavy atom. The number of nitrogens with zero attached hydrogens (tertiary/aromatic N) is 2. The third kappa shape index (κ3) is 3.07. The fourth-order valence-electron chi connectivity index (χ4n) is 2.24. The molecule has 0 spiro atoms. The fourth-order valence-corrected chi connectivity index (χ4v) is 3.48. The van der Waals surface area contributed by atoms with Crippen molar-refractivity contribution in [3.05, 3.63) is 28.3 Å². The first-order valence-electron chi connectivity index (χ1n) is 6.00. The molecule has 0 aliphatic carbocycles. The summed E-state index contributed by atoms with van der Waals surface area (Å²) in [6, 6.07) is 4.84. The van der Waals surface area contributed by atoms with Crippen LogP contribution in [-0.4, -0.2) is 28.5 Å². The molecular formula is C13H16N2O3S. The average molecular weight is 280 g/mol. The van der Waals surface area contributed by atoms with E-state index >= 15 is 0 Å². The summed E-state index contributed by atoms with van der Waals surface area (Å²) in [5, 5.41) is 10.9. The zero-order valence-corrected chi connectivity index (χ0v) is 12.0. The molecule has 19 heavy (non-hydrogen) atoms. The Bertz CT molecular complexity index is 543. The molecule has 0 aromatic heterocycles. The van der Waals surface area contributed by atoms with Crippen LogP contribution in [0.15, 0.2) is 23.1 Å². The first-order valence-corrected chi connectivity index (χ1v) is 6.82. The highest BCUT2D eigenvalue weighted by molar-refractivity contribution is 8.00. The van der Waals surface area contributed by atoms with Crippen LogP contribution in [0.2, 0.25) is 0 Å². The van der Waals surface area contributed by atoms with Crippen LogP contribution in [0.4, 0.5) is 11.4 Å². The number of fused-ring (bicyclic) bond motifs is 1. The van der Waals surface area contributed by atoms with Crippen LogP contribution in [0.25, 0.3) is 0 Å². The SMILES string of the molecule is CC(=O)CN1CC(C)(C)Sc2ccc([N+](=O)[O-])cc21. The Labute approximate surface area is 116 Å². The summed E-state index contributed by atoms with van der Waals surface area (Å²) >= 11 is 1.69. The Morgan fingerprint density at radius 1 is 1.53 bits per heavy atom. The molecule has 1 aromatic rings. The maximum atomic E-state index is 11.4. The first kappa shape index (κ1) is 13.9. The fraction of sp³-hybridized carbons (Fsp3) is 0.462. The molecular weight excluding hydrogens is 264 g/mol. The lowest BCUT2D eigenvalue weighted by molar-refractivity contribution is -0.384. The molecule has 0 amide bonds. The third-order valence-electron chi connectivity index (χ3n) is 2.87. The van der Waals surface area contributed by atoms with Crippen LogP contribution in [-0.2, 0) is 4.79 Å². The first-order chi connectivity index (χ1) is 8.78. The number of ketones is 1. The number of nitro groups is 1. The van der Waals surface area contributed by atoms with Gasteiger partial charge in [-0.1, -0.05) is 0 Å². The van der Waals surface area contributed by atoms with Gasteiger partial charge in [-0.15, -0.1) is 11.8 Å². The van der Waals surface area contributed by atoms with E-state index in [9.17, 15) is 14.9 Å². The quantitative estimate of drug-likeness (QED) is 0.629. The molecule has 102 valence electrons. The molecule has 2 rings (SSSR count). The minimum absolute atomic E-state index is 0.0153. The van der Waals surface area contributed by atoms with Crippen molar-refractivity contribution in [1.29, 1.82) is 0 Å². The normalized spacial score (nSPS) is 16.9. The number of nitro benzene ring substituents is 1. The van der Waals surface area contributed by atoms with E-state index in [1.54, 1.807) is 23.9 Å². The van der Waals surface area contributed by atoms with Crippen LogP contribution in [0.5, 0.6) is 0 Å². The second-order valence-corrected chi connectivity index (χ2v) is 7.08. The largest absolute Gasteiger partial charge is 0.362 e. The molecule has 1 aliphatic heterocycles. The summed E-state index contributed by atoms with van der Waals surface area (Å²) < 4.78 is -0.0153. The predicted octanol–water partition coefficient (Wildman–Crippen LogP) is 2.87. The molecule has 1 aromatic carbocycles. The number of benzene rings is 1. The van der Waals surface area contributed by atoms with E-state index in [1.807, 2.05) is 4.90 Å². The molecule has 6 heteroatoms.